The summed E-state index contributed by atoms with van der Waals surface area (Å²) in [6.45, 7) is 3.11. The summed E-state index contributed by atoms with van der Waals surface area (Å²) < 4.78 is 10.0. The second kappa shape index (κ2) is 5.95. The van der Waals surface area contributed by atoms with Gasteiger partial charge in [-0.05, 0) is 31.0 Å². The molecule has 19 heavy (non-hydrogen) atoms. The van der Waals surface area contributed by atoms with Gasteiger partial charge in [0.2, 0.25) is 0 Å². The van der Waals surface area contributed by atoms with Gasteiger partial charge in [-0.15, -0.1) is 0 Å². The lowest BCUT2D eigenvalue weighted by molar-refractivity contribution is 0.144. The lowest BCUT2D eigenvalue weighted by Crippen LogP contribution is -2.05. The Morgan fingerprint density at radius 1 is 1.53 bits per heavy atom. The van der Waals surface area contributed by atoms with Crippen molar-refractivity contribution in [3.05, 3.63) is 28.9 Å². The molecule has 0 saturated carbocycles. The van der Waals surface area contributed by atoms with Crippen LogP contribution in [0.2, 0.25) is 5.02 Å². The number of carboxylic acid groups (broad SMARTS) is 1. The summed E-state index contributed by atoms with van der Waals surface area (Å²) in [7, 11) is 0. The molecule has 0 fully saturated rings. The highest BCUT2D eigenvalue weighted by Crippen LogP contribution is 2.35. The van der Waals surface area contributed by atoms with Gasteiger partial charge in [0.05, 0.1) is 17.1 Å². The number of benzene rings is 1. The lowest BCUT2D eigenvalue weighted by Gasteiger charge is -2.09. The molecule has 0 radical (unpaired) electrons. The zero-order chi connectivity index (χ0) is 13.8. The molecule has 2 N–H and O–H groups in total. The fourth-order valence-electron chi connectivity index (χ4n) is 1.94. The highest BCUT2D eigenvalue weighted by molar-refractivity contribution is 6.37. The summed E-state index contributed by atoms with van der Waals surface area (Å²) in [5, 5.41) is 9.74. The largest absolute Gasteiger partial charge is 0.511 e. The van der Waals surface area contributed by atoms with Crippen molar-refractivity contribution in [3.63, 3.8) is 0 Å². The van der Waals surface area contributed by atoms with Crippen molar-refractivity contribution in [1.29, 1.82) is 0 Å². The van der Waals surface area contributed by atoms with Gasteiger partial charge in [0.15, 0.2) is 5.75 Å². The van der Waals surface area contributed by atoms with E-state index in [0.717, 1.165) is 16.5 Å². The van der Waals surface area contributed by atoms with Gasteiger partial charge in [-0.2, -0.15) is 0 Å². The average Bonchev–Trinajstić information content (AvgIpc) is 2.84. The lowest BCUT2D eigenvalue weighted by atomic mass is 10.1. The number of halogens is 1. The first kappa shape index (κ1) is 13.7. The van der Waals surface area contributed by atoms with Gasteiger partial charge < -0.3 is 19.6 Å². The van der Waals surface area contributed by atoms with Crippen LogP contribution in [0.15, 0.2) is 18.3 Å². The summed E-state index contributed by atoms with van der Waals surface area (Å²) in [5.41, 5.74) is 1.79. The molecule has 5 nitrogen and oxygen atoms in total. The Labute approximate surface area is 115 Å². The fraction of sp³-hybridized carbons (Fsp3) is 0.308. The minimum absolute atomic E-state index is 0.146. The number of nitrogens with one attached hydrogen (secondary N) is 1. The molecule has 0 aliphatic carbocycles. The van der Waals surface area contributed by atoms with Crippen LogP contribution in [0.1, 0.15) is 12.5 Å². The normalized spacial score (nSPS) is 10.8. The number of aromatic amines is 1. The molecule has 2 aromatic rings. The second-order valence-corrected chi connectivity index (χ2v) is 4.31. The average molecular weight is 284 g/mol. The van der Waals surface area contributed by atoms with Crippen molar-refractivity contribution in [2.45, 2.75) is 13.3 Å². The van der Waals surface area contributed by atoms with E-state index in [-0.39, 0.29) is 5.75 Å². The van der Waals surface area contributed by atoms with Crippen molar-refractivity contribution >= 4 is 28.7 Å². The number of aromatic nitrogens is 1. The van der Waals surface area contributed by atoms with E-state index in [2.05, 4.69) is 4.98 Å². The molecule has 102 valence electrons. The van der Waals surface area contributed by atoms with E-state index < -0.39 is 6.16 Å². The van der Waals surface area contributed by atoms with Crippen molar-refractivity contribution in [3.8, 4) is 5.75 Å². The first-order chi connectivity index (χ1) is 9.13. The standard InChI is InChI=1S/C13H14ClNO4/c1-2-18-6-4-8-7-10(19-13(16)17)11(14)9-3-5-15-12(8)9/h3,5,7,15H,2,4,6H2,1H3,(H,16,17). The summed E-state index contributed by atoms with van der Waals surface area (Å²) in [5.74, 6) is 0.146. The van der Waals surface area contributed by atoms with Crippen molar-refractivity contribution < 1.29 is 19.4 Å². The quantitative estimate of drug-likeness (QED) is 0.501. The summed E-state index contributed by atoms with van der Waals surface area (Å²) in [6, 6.07) is 3.42. The van der Waals surface area contributed by atoms with E-state index in [1.54, 1.807) is 18.3 Å². The number of ether oxygens (including phenoxy) is 2. The molecule has 0 spiro atoms. The van der Waals surface area contributed by atoms with E-state index in [1.165, 1.54) is 0 Å². The predicted molar refractivity (Wildman–Crippen MR) is 72.2 cm³/mol. The molecule has 0 aliphatic rings. The number of carbonyl (C=O) groups is 1. The van der Waals surface area contributed by atoms with E-state index in [4.69, 9.17) is 26.2 Å². The molecular weight excluding hydrogens is 270 g/mol. The molecule has 6 heteroatoms. The van der Waals surface area contributed by atoms with Crippen LogP contribution in [-0.2, 0) is 11.2 Å². The van der Waals surface area contributed by atoms with E-state index >= 15 is 0 Å². The fourth-order valence-corrected chi connectivity index (χ4v) is 2.19. The van der Waals surface area contributed by atoms with Gasteiger partial charge in [-0.25, -0.2) is 4.79 Å². The Morgan fingerprint density at radius 3 is 3.00 bits per heavy atom. The third-order valence-electron chi connectivity index (χ3n) is 2.74. The Bertz CT molecular complexity index is 594. The summed E-state index contributed by atoms with van der Waals surface area (Å²) >= 11 is 6.12. The molecule has 0 amide bonds. The minimum Gasteiger partial charge on any atom is -0.449 e. The van der Waals surface area contributed by atoms with E-state index in [0.29, 0.717) is 24.7 Å². The Balaban J connectivity index is 2.40. The number of rotatable bonds is 5. The van der Waals surface area contributed by atoms with Crippen molar-refractivity contribution in [2.75, 3.05) is 13.2 Å². The van der Waals surface area contributed by atoms with Gasteiger partial charge in [-0.1, -0.05) is 11.6 Å². The zero-order valence-corrected chi connectivity index (χ0v) is 11.2. The molecule has 0 unspecified atom stereocenters. The first-order valence-corrected chi connectivity index (χ1v) is 6.28. The van der Waals surface area contributed by atoms with Crippen LogP contribution in [0.4, 0.5) is 4.79 Å². The Kier molecular flexibility index (Phi) is 4.29. The van der Waals surface area contributed by atoms with Crippen LogP contribution in [0.3, 0.4) is 0 Å². The molecule has 0 aliphatic heterocycles. The maximum atomic E-state index is 10.7. The third kappa shape index (κ3) is 3.00. The number of H-pyrrole nitrogens is 1. The first-order valence-electron chi connectivity index (χ1n) is 5.90. The SMILES string of the molecule is CCOCCc1cc(OC(=O)O)c(Cl)c2cc[nH]c12. The highest BCUT2D eigenvalue weighted by Gasteiger charge is 2.14. The van der Waals surface area contributed by atoms with Crippen LogP contribution in [0, 0.1) is 0 Å². The number of hydrogen-bond acceptors (Lipinski definition) is 3. The van der Waals surface area contributed by atoms with Crippen molar-refractivity contribution in [1.82, 2.24) is 4.98 Å². The second-order valence-electron chi connectivity index (χ2n) is 3.93. The van der Waals surface area contributed by atoms with Crippen LogP contribution in [0.5, 0.6) is 5.75 Å². The zero-order valence-electron chi connectivity index (χ0n) is 10.4. The molecule has 1 aromatic heterocycles. The maximum absolute atomic E-state index is 10.7. The summed E-state index contributed by atoms with van der Waals surface area (Å²) in [6.07, 6.45) is 1.02. The number of hydrogen-bond donors (Lipinski definition) is 2. The molecular formula is C13H14ClNO4. The van der Waals surface area contributed by atoms with Crippen LogP contribution >= 0.6 is 11.6 Å². The molecule has 0 atom stereocenters. The van der Waals surface area contributed by atoms with Gasteiger partial charge in [0, 0.05) is 18.2 Å². The molecule has 1 aromatic carbocycles. The van der Waals surface area contributed by atoms with Crippen LogP contribution in [0.25, 0.3) is 10.9 Å². The maximum Gasteiger partial charge on any atom is 0.511 e. The molecule has 2 rings (SSSR count). The third-order valence-corrected chi connectivity index (χ3v) is 3.13. The monoisotopic (exact) mass is 283 g/mol. The van der Waals surface area contributed by atoms with E-state index in [1.807, 2.05) is 6.92 Å². The predicted octanol–water partition coefficient (Wildman–Crippen LogP) is 3.46. The smallest absolute Gasteiger partial charge is 0.449 e. The summed E-state index contributed by atoms with van der Waals surface area (Å²) in [4.78, 5) is 13.7. The molecule has 0 bridgehead atoms. The Morgan fingerprint density at radius 2 is 2.32 bits per heavy atom. The van der Waals surface area contributed by atoms with Gasteiger partial charge in [0.1, 0.15) is 0 Å². The van der Waals surface area contributed by atoms with Crippen molar-refractivity contribution in [2.24, 2.45) is 0 Å². The van der Waals surface area contributed by atoms with Gasteiger partial charge >= 0.3 is 6.16 Å². The topological polar surface area (TPSA) is 71.6 Å². The van der Waals surface area contributed by atoms with E-state index in [9.17, 15) is 4.79 Å². The molecule has 0 saturated heterocycles. The van der Waals surface area contributed by atoms with Crippen LogP contribution < -0.4 is 4.74 Å². The van der Waals surface area contributed by atoms with Gasteiger partial charge in [-0.3, -0.25) is 0 Å². The minimum atomic E-state index is -1.38. The highest BCUT2D eigenvalue weighted by atomic mass is 35.5. The number of fused-ring (bicyclic) bond motifs is 1. The Hall–Kier alpha value is -1.72. The van der Waals surface area contributed by atoms with Crippen LogP contribution in [-0.4, -0.2) is 29.5 Å². The van der Waals surface area contributed by atoms with Gasteiger partial charge in [0.25, 0.3) is 0 Å². The molecule has 1 heterocycles.